The second kappa shape index (κ2) is 8.03. The summed E-state index contributed by atoms with van der Waals surface area (Å²) in [6, 6.07) is 3.90. The molecule has 0 unspecified atom stereocenters. The first-order valence-corrected chi connectivity index (χ1v) is 9.00. The summed E-state index contributed by atoms with van der Waals surface area (Å²) in [5.74, 6) is 0.615. The SMILES string of the molecule is CN1CCN(C(=O)NC2CCC(Oc3ccc(Cl)cn3)CC2)CC1. The van der Waals surface area contributed by atoms with Crippen molar-refractivity contribution in [3.8, 4) is 5.88 Å². The lowest BCUT2D eigenvalue weighted by Gasteiger charge is -2.35. The Hall–Kier alpha value is -1.53. The van der Waals surface area contributed by atoms with Gasteiger partial charge in [-0.25, -0.2) is 9.78 Å². The molecule has 1 N–H and O–H groups in total. The van der Waals surface area contributed by atoms with Crippen molar-refractivity contribution in [2.75, 3.05) is 33.2 Å². The van der Waals surface area contributed by atoms with Crippen LogP contribution in [0.2, 0.25) is 5.02 Å². The summed E-state index contributed by atoms with van der Waals surface area (Å²) in [5, 5.41) is 3.78. The van der Waals surface area contributed by atoms with Gasteiger partial charge in [-0.2, -0.15) is 0 Å². The van der Waals surface area contributed by atoms with E-state index in [0.29, 0.717) is 10.9 Å². The highest BCUT2D eigenvalue weighted by Crippen LogP contribution is 2.23. The monoisotopic (exact) mass is 352 g/mol. The molecular formula is C17H25ClN4O2. The van der Waals surface area contributed by atoms with Gasteiger partial charge in [0, 0.05) is 44.5 Å². The van der Waals surface area contributed by atoms with Crippen LogP contribution in [-0.2, 0) is 0 Å². The molecule has 0 bridgehead atoms. The molecule has 0 spiro atoms. The summed E-state index contributed by atoms with van der Waals surface area (Å²) in [6.45, 7) is 3.51. The number of carbonyl (C=O) groups is 1. The molecular weight excluding hydrogens is 328 g/mol. The molecule has 2 fully saturated rings. The zero-order chi connectivity index (χ0) is 16.9. The lowest BCUT2D eigenvalue weighted by Crippen LogP contribution is -2.53. The molecule has 1 aromatic heterocycles. The van der Waals surface area contributed by atoms with Gasteiger partial charge < -0.3 is 19.9 Å². The second-order valence-electron chi connectivity index (χ2n) is 6.65. The Morgan fingerprint density at radius 2 is 1.92 bits per heavy atom. The number of nitrogens with zero attached hydrogens (tertiary/aromatic N) is 3. The molecule has 0 atom stereocenters. The van der Waals surface area contributed by atoms with E-state index < -0.39 is 0 Å². The molecule has 0 radical (unpaired) electrons. The van der Waals surface area contributed by atoms with Crippen LogP contribution in [0.25, 0.3) is 0 Å². The molecule has 2 amide bonds. The van der Waals surface area contributed by atoms with E-state index in [-0.39, 0.29) is 18.2 Å². The summed E-state index contributed by atoms with van der Waals surface area (Å²) in [5.41, 5.74) is 0. The van der Waals surface area contributed by atoms with Crippen LogP contribution in [0.5, 0.6) is 5.88 Å². The number of ether oxygens (including phenoxy) is 1. The number of urea groups is 1. The lowest BCUT2D eigenvalue weighted by molar-refractivity contribution is 0.125. The number of rotatable bonds is 3. The molecule has 7 heteroatoms. The van der Waals surface area contributed by atoms with Crippen LogP contribution in [0.3, 0.4) is 0 Å². The van der Waals surface area contributed by atoms with E-state index in [1.165, 1.54) is 0 Å². The maximum atomic E-state index is 12.3. The van der Waals surface area contributed by atoms with E-state index in [1.807, 2.05) is 4.90 Å². The normalized spacial score (nSPS) is 25.3. The first-order chi connectivity index (χ1) is 11.6. The minimum absolute atomic E-state index is 0.0758. The van der Waals surface area contributed by atoms with E-state index in [0.717, 1.165) is 51.9 Å². The van der Waals surface area contributed by atoms with Crippen LogP contribution in [0.1, 0.15) is 25.7 Å². The Bertz CT molecular complexity index is 538. The Balaban J connectivity index is 1.40. The largest absolute Gasteiger partial charge is 0.474 e. The van der Waals surface area contributed by atoms with Crippen molar-refractivity contribution >= 4 is 17.6 Å². The van der Waals surface area contributed by atoms with Crippen molar-refractivity contribution in [3.05, 3.63) is 23.4 Å². The van der Waals surface area contributed by atoms with Crippen molar-refractivity contribution in [1.82, 2.24) is 20.1 Å². The lowest BCUT2D eigenvalue weighted by atomic mass is 9.93. The quantitative estimate of drug-likeness (QED) is 0.907. The first-order valence-electron chi connectivity index (χ1n) is 8.62. The molecule has 1 saturated heterocycles. The number of aromatic nitrogens is 1. The maximum Gasteiger partial charge on any atom is 0.317 e. The highest BCUT2D eigenvalue weighted by molar-refractivity contribution is 6.30. The number of piperazine rings is 1. The Kier molecular flexibility index (Phi) is 5.79. The summed E-state index contributed by atoms with van der Waals surface area (Å²) < 4.78 is 5.89. The van der Waals surface area contributed by atoms with Crippen LogP contribution in [0, 0.1) is 0 Å². The van der Waals surface area contributed by atoms with Gasteiger partial charge in [0.2, 0.25) is 5.88 Å². The van der Waals surface area contributed by atoms with Gasteiger partial charge in [0.15, 0.2) is 0 Å². The zero-order valence-corrected chi connectivity index (χ0v) is 14.8. The smallest absolute Gasteiger partial charge is 0.317 e. The summed E-state index contributed by atoms with van der Waals surface area (Å²) in [6.07, 6.45) is 5.50. The predicted molar refractivity (Wildman–Crippen MR) is 93.5 cm³/mol. The fraction of sp³-hybridized carbons (Fsp3) is 0.647. The number of hydrogen-bond acceptors (Lipinski definition) is 4. The second-order valence-corrected chi connectivity index (χ2v) is 7.08. The van der Waals surface area contributed by atoms with Gasteiger partial charge in [0.25, 0.3) is 0 Å². The summed E-state index contributed by atoms with van der Waals surface area (Å²) >= 11 is 5.83. The van der Waals surface area contributed by atoms with Crippen molar-refractivity contribution in [2.24, 2.45) is 0 Å². The fourth-order valence-corrected chi connectivity index (χ4v) is 3.31. The van der Waals surface area contributed by atoms with Gasteiger partial charge in [0.1, 0.15) is 6.10 Å². The van der Waals surface area contributed by atoms with Crippen LogP contribution in [0.4, 0.5) is 4.79 Å². The zero-order valence-electron chi connectivity index (χ0n) is 14.1. The van der Waals surface area contributed by atoms with Gasteiger partial charge in [-0.3, -0.25) is 0 Å². The van der Waals surface area contributed by atoms with Crippen LogP contribution in [-0.4, -0.2) is 66.2 Å². The Labute approximate surface area is 148 Å². The number of carbonyl (C=O) groups excluding carboxylic acids is 1. The average Bonchev–Trinajstić information content (AvgIpc) is 2.59. The number of amides is 2. The number of nitrogens with one attached hydrogen (secondary N) is 1. The highest BCUT2D eigenvalue weighted by atomic mass is 35.5. The highest BCUT2D eigenvalue weighted by Gasteiger charge is 2.26. The molecule has 2 aliphatic rings. The molecule has 1 saturated carbocycles. The average molecular weight is 353 g/mol. The van der Waals surface area contributed by atoms with Gasteiger partial charge >= 0.3 is 6.03 Å². The summed E-state index contributed by atoms with van der Waals surface area (Å²) in [7, 11) is 2.09. The first kappa shape index (κ1) is 17.3. The van der Waals surface area contributed by atoms with Crippen LogP contribution in [0.15, 0.2) is 18.3 Å². The van der Waals surface area contributed by atoms with Crippen molar-refractivity contribution in [3.63, 3.8) is 0 Å². The third kappa shape index (κ3) is 4.74. The molecule has 132 valence electrons. The third-order valence-electron chi connectivity index (χ3n) is 4.78. The van der Waals surface area contributed by atoms with Crippen molar-refractivity contribution < 1.29 is 9.53 Å². The fourth-order valence-electron chi connectivity index (χ4n) is 3.20. The topological polar surface area (TPSA) is 57.7 Å². The number of pyridine rings is 1. The molecule has 1 aliphatic carbocycles. The van der Waals surface area contributed by atoms with E-state index >= 15 is 0 Å². The molecule has 1 aliphatic heterocycles. The molecule has 1 aromatic rings. The summed E-state index contributed by atoms with van der Waals surface area (Å²) in [4.78, 5) is 20.7. The maximum absolute atomic E-state index is 12.3. The van der Waals surface area contributed by atoms with Crippen LogP contribution >= 0.6 is 11.6 Å². The third-order valence-corrected chi connectivity index (χ3v) is 5.00. The van der Waals surface area contributed by atoms with E-state index in [1.54, 1.807) is 18.3 Å². The molecule has 24 heavy (non-hydrogen) atoms. The number of halogens is 1. The van der Waals surface area contributed by atoms with Gasteiger partial charge in [-0.05, 0) is 38.8 Å². The van der Waals surface area contributed by atoms with Crippen molar-refractivity contribution in [2.45, 2.75) is 37.8 Å². The van der Waals surface area contributed by atoms with E-state index in [9.17, 15) is 4.79 Å². The Morgan fingerprint density at radius 1 is 1.21 bits per heavy atom. The van der Waals surface area contributed by atoms with Gasteiger partial charge in [0.05, 0.1) is 5.02 Å². The molecule has 6 nitrogen and oxygen atoms in total. The van der Waals surface area contributed by atoms with Gasteiger partial charge in [-0.1, -0.05) is 11.6 Å². The minimum atomic E-state index is 0.0758. The molecule has 3 rings (SSSR count). The standard InChI is InChI=1S/C17H25ClN4O2/c1-21-8-10-22(11-9-21)17(23)20-14-3-5-15(6-4-14)24-16-7-2-13(18)12-19-16/h2,7,12,14-15H,3-6,8-11H2,1H3,(H,20,23). The van der Waals surface area contributed by atoms with E-state index in [4.69, 9.17) is 16.3 Å². The predicted octanol–water partition coefficient (Wildman–Crippen LogP) is 2.38. The van der Waals surface area contributed by atoms with Crippen molar-refractivity contribution in [1.29, 1.82) is 0 Å². The molecule has 2 heterocycles. The number of likely N-dealkylation sites (N-methyl/N-ethyl adjacent to an activating group) is 1. The number of hydrogen-bond donors (Lipinski definition) is 1. The van der Waals surface area contributed by atoms with Crippen LogP contribution < -0.4 is 10.1 Å². The van der Waals surface area contributed by atoms with E-state index in [2.05, 4.69) is 22.2 Å². The molecule has 0 aromatic carbocycles. The van der Waals surface area contributed by atoms with Gasteiger partial charge in [-0.15, -0.1) is 0 Å². The Morgan fingerprint density at radius 3 is 2.54 bits per heavy atom. The minimum Gasteiger partial charge on any atom is -0.474 e.